The molecule has 1 aromatic heterocycles. The lowest BCUT2D eigenvalue weighted by Crippen LogP contribution is -1.88. The standard InChI is InChI=1S/C13H12BrNS/c14-10-6-4-9(5-7-10)8-13-15-11-2-1-3-12(11)16-13/h4-7H,1-3,8H2. The van der Waals surface area contributed by atoms with Crippen LogP contribution >= 0.6 is 27.3 Å². The molecule has 0 unspecified atom stereocenters. The zero-order chi connectivity index (χ0) is 11.0. The summed E-state index contributed by atoms with van der Waals surface area (Å²) in [6, 6.07) is 8.51. The average Bonchev–Trinajstić information content (AvgIpc) is 2.81. The van der Waals surface area contributed by atoms with E-state index in [1.165, 1.54) is 40.4 Å². The summed E-state index contributed by atoms with van der Waals surface area (Å²) in [5.74, 6) is 0. The van der Waals surface area contributed by atoms with Crippen molar-refractivity contribution in [3.05, 3.63) is 49.9 Å². The molecule has 0 saturated carbocycles. The van der Waals surface area contributed by atoms with Crippen LogP contribution in [0.2, 0.25) is 0 Å². The Morgan fingerprint density at radius 1 is 1.19 bits per heavy atom. The highest BCUT2D eigenvalue weighted by molar-refractivity contribution is 9.10. The van der Waals surface area contributed by atoms with Crippen molar-refractivity contribution in [1.82, 2.24) is 4.98 Å². The van der Waals surface area contributed by atoms with Crippen molar-refractivity contribution in [3.8, 4) is 0 Å². The smallest absolute Gasteiger partial charge is 0.0974 e. The summed E-state index contributed by atoms with van der Waals surface area (Å²) in [5, 5.41) is 1.27. The molecule has 1 aliphatic rings. The van der Waals surface area contributed by atoms with Crippen molar-refractivity contribution in [2.45, 2.75) is 25.7 Å². The largest absolute Gasteiger partial charge is 0.246 e. The van der Waals surface area contributed by atoms with Crippen molar-refractivity contribution in [2.75, 3.05) is 0 Å². The Balaban J connectivity index is 1.81. The Morgan fingerprint density at radius 3 is 2.75 bits per heavy atom. The number of hydrogen-bond acceptors (Lipinski definition) is 2. The molecule has 0 bridgehead atoms. The van der Waals surface area contributed by atoms with Crippen molar-refractivity contribution >= 4 is 27.3 Å². The number of halogens is 1. The highest BCUT2D eigenvalue weighted by Crippen LogP contribution is 2.28. The van der Waals surface area contributed by atoms with Crippen molar-refractivity contribution in [2.24, 2.45) is 0 Å². The van der Waals surface area contributed by atoms with Gasteiger partial charge in [-0.1, -0.05) is 28.1 Å². The van der Waals surface area contributed by atoms with Gasteiger partial charge in [0.25, 0.3) is 0 Å². The van der Waals surface area contributed by atoms with Gasteiger partial charge in [-0.05, 0) is 37.0 Å². The van der Waals surface area contributed by atoms with Gasteiger partial charge in [-0.3, -0.25) is 0 Å². The predicted molar refractivity (Wildman–Crippen MR) is 71.1 cm³/mol. The maximum absolute atomic E-state index is 4.72. The van der Waals surface area contributed by atoms with Crippen LogP contribution in [0, 0.1) is 0 Å². The lowest BCUT2D eigenvalue weighted by atomic mass is 10.2. The van der Waals surface area contributed by atoms with E-state index in [2.05, 4.69) is 40.2 Å². The molecular formula is C13H12BrNS. The molecule has 2 aromatic rings. The molecule has 0 fully saturated rings. The third-order valence-electron chi connectivity index (χ3n) is 2.91. The van der Waals surface area contributed by atoms with Gasteiger partial charge in [0.2, 0.25) is 0 Å². The first-order valence-corrected chi connectivity index (χ1v) is 7.14. The lowest BCUT2D eigenvalue weighted by Gasteiger charge is -1.98. The Morgan fingerprint density at radius 2 is 2.00 bits per heavy atom. The molecule has 0 spiro atoms. The number of hydrogen-bond donors (Lipinski definition) is 0. The van der Waals surface area contributed by atoms with Gasteiger partial charge >= 0.3 is 0 Å². The van der Waals surface area contributed by atoms with Gasteiger partial charge < -0.3 is 0 Å². The number of thiazole rings is 1. The Hall–Kier alpha value is -0.670. The Labute approximate surface area is 108 Å². The first-order valence-electron chi connectivity index (χ1n) is 5.53. The maximum Gasteiger partial charge on any atom is 0.0974 e. The first-order chi connectivity index (χ1) is 7.81. The fourth-order valence-electron chi connectivity index (χ4n) is 2.10. The summed E-state index contributed by atoms with van der Waals surface area (Å²) in [4.78, 5) is 6.24. The molecular weight excluding hydrogens is 282 g/mol. The normalized spacial score (nSPS) is 14.1. The summed E-state index contributed by atoms with van der Waals surface area (Å²) >= 11 is 5.35. The van der Waals surface area contributed by atoms with E-state index < -0.39 is 0 Å². The molecule has 0 saturated heterocycles. The third-order valence-corrected chi connectivity index (χ3v) is 4.59. The number of benzene rings is 1. The van der Waals surface area contributed by atoms with Gasteiger partial charge in [0, 0.05) is 15.8 Å². The van der Waals surface area contributed by atoms with Gasteiger partial charge in [-0.25, -0.2) is 4.98 Å². The van der Waals surface area contributed by atoms with Crippen LogP contribution in [0.25, 0.3) is 0 Å². The maximum atomic E-state index is 4.72. The van der Waals surface area contributed by atoms with Gasteiger partial charge in [0.15, 0.2) is 0 Å². The quantitative estimate of drug-likeness (QED) is 0.816. The predicted octanol–water partition coefficient (Wildman–Crippen LogP) is 3.99. The Bertz CT molecular complexity index is 480. The molecule has 1 nitrogen and oxygen atoms in total. The second-order valence-corrected chi connectivity index (χ2v) is 6.22. The highest BCUT2D eigenvalue weighted by Gasteiger charge is 2.16. The fourth-order valence-corrected chi connectivity index (χ4v) is 3.55. The van der Waals surface area contributed by atoms with Crippen LogP contribution < -0.4 is 0 Å². The number of rotatable bonds is 2. The molecule has 0 atom stereocenters. The minimum Gasteiger partial charge on any atom is -0.246 e. The summed E-state index contributed by atoms with van der Waals surface area (Å²) in [6.07, 6.45) is 4.71. The van der Waals surface area contributed by atoms with E-state index in [9.17, 15) is 0 Å². The van der Waals surface area contributed by atoms with Gasteiger partial charge in [0.05, 0.1) is 10.7 Å². The average molecular weight is 294 g/mol. The molecule has 82 valence electrons. The summed E-state index contributed by atoms with van der Waals surface area (Å²) in [7, 11) is 0. The lowest BCUT2D eigenvalue weighted by molar-refractivity contribution is 0.893. The van der Waals surface area contributed by atoms with Crippen molar-refractivity contribution < 1.29 is 0 Å². The second kappa shape index (κ2) is 4.30. The molecule has 0 aliphatic heterocycles. The number of fused-ring (bicyclic) bond motifs is 1. The second-order valence-electron chi connectivity index (χ2n) is 4.13. The highest BCUT2D eigenvalue weighted by atomic mass is 79.9. The molecule has 0 amide bonds. The minimum absolute atomic E-state index is 0.977. The van der Waals surface area contributed by atoms with Crippen LogP contribution in [-0.2, 0) is 19.3 Å². The van der Waals surface area contributed by atoms with E-state index in [1.807, 2.05) is 11.3 Å². The van der Waals surface area contributed by atoms with Gasteiger partial charge in [0.1, 0.15) is 0 Å². The third kappa shape index (κ3) is 2.06. The summed E-state index contributed by atoms with van der Waals surface area (Å²) in [5.41, 5.74) is 2.70. The van der Waals surface area contributed by atoms with Crippen LogP contribution in [0.3, 0.4) is 0 Å². The van der Waals surface area contributed by atoms with Crippen LogP contribution in [0.1, 0.15) is 27.6 Å². The molecule has 1 aromatic carbocycles. The molecule has 3 heteroatoms. The van der Waals surface area contributed by atoms with E-state index in [0.717, 1.165) is 10.9 Å². The van der Waals surface area contributed by atoms with Crippen LogP contribution in [-0.4, -0.2) is 4.98 Å². The number of aromatic nitrogens is 1. The fraction of sp³-hybridized carbons (Fsp3) is 0.308. The number of nitrogens with zero attached hydrogens (tertiary/aromatic N) is 1. The topological polar surface area (TPSA) is 12.9 Å². The monoisotopic (exact) mass is 293 g/mol. The molecule has 0 radical (unpaired) electrons. The van der Waals surface area contributed by atoms with Crippen molar-refractivity contribution in [1.29, 1.82) is 0 Å². The van der Waals surface area contributed by atoms with Gasteiger partial charge in [-0.15, -0.1) is 11.3 Å². The first kappa shape index (κ1) is 10.5. The Kier molecular flexibility index (Phi) is 2.82. The summed E-state index contributed by atoms with van der Waals surface area (Å²) < 4.78 is 1.14. The van der Waals surface area contributed by atoms with E-state index in [1.54, 1.807) is 0 Å². The zero-order valence-electron chi connectivity index (χ0n) is 8.87. The van der Waals surface area contributed by atoms with Gasteiger partial charge in [-0.2, -0.15) is 0 Å². The minimum atomic E-state index is 0.977. The molecule has 16 heavy (non-hydrogen) atoms. The van der Waals surface area contributed by atoms with E-state index in [-0.39, 0.29) is 0 Å². The molecule has 0 N–H and O–H groups in total. The molecule has 1 aliphatic carbocycles. The molecule has 3 rings (SSSR count). The number of aryl methyl sites for hydroxylation is 2. The zero-order valence-corrected chi connectivity index (χ0v) is 11.3. The van der Waals surface area contributed by atoms with E-state index >= 15 is 0 Å². The van der Waals surface area contributed by atoms with Crippen LogP contribution in [0.5, 0.6) is 0 Å². The van der Waals surface area contributed by atoms with Crippen LogP contribution in [0.15, 0.2) is 28.7 Å². The SMILES string of the molecule is Brc1ccc(Cc2nc3c(s2)CCC3)cc1. The summed E-state index contributed by atoms with van der Waals surface area (Å²) in [6.45, 7) is 0. The van der Waals surface area contributed by atoms with Crippen molar-refractivity contribution in [3.63, 3.8) is 0 Å². The van der Waals surface area contributed by atoms with Crippen LogP contribution in [0.4, 0.5) is 0 Å². The van der Waals surface area contributed by atoms with E-state index in [0.29, 0.717) is 0 Å². The molecule has 1 heterocycles. The van der Waals surface area contributed by atoms with E-state index in [4.69, 9.17) is 4.98 Å².